The number of fused-ring (bicyclic) bond motifs is 1. The zero-order valence-electron chi connectivity index (χ0n) is 15.9. The molecule has 0 N–H and O–H groups in total. The molecule has 6 nitrogen and oxygen atoms in total. The number of rotatable bonds is 5. The number of benzene rings is 2. The monoisotopic (exact) mass is 382 g/mol. The average molecular weight is 382 g/mol. The largest absolute Gasteiger partial charge is 0.497 e. The normalized spacial score (nSPS) is 19.4. The second-order valence-electron chi connectivity index (χ2n) is 6.76. The molecule has 4 rings (SSSR count). The lowest BCUT2D eigenvalue weighted by atomic mass is 9.86. The van der Waals surface area contributed by atoms with Crippen LogP contribution >= 0.6 is 0 Å². The zero-order chi connectivity index (χ0) is 19.5. The van der Waals surface area contributed by atoms with Crippen molar-refractivity contribution < 1.29 is 28.5 Å². The minimum Gasteiger partial charge on any atom is -0.497 e. The first-order valence-corrected chi connectivity index (χ1v) is 9.16. The summed E-state index contributed by atoms with van der Waals surface area (Å²) < 4.78 is 26.8. The summed E-state index contributed by atoms with van der Waals surface area (Å²) >= 11 is 0. The Hall–Kier alpha value is -3.15. The molecule has 1 fully saturated rings. The van der Waals surface area contributed by atoms with Gasteiger partial charge in [-0.1, -0.05) is 6.07 Å². The molecule has 0 amide bonds. The van der Waals surface area contributed by atoms with E-state index in [1.54, 1.807) is 20.3 Å². The van der Waals surface area contributed by atoms with Crippen LogP contribution in [0.5, 0.6) is 23.0 Å². The maximum absolute atomic E-state index is 12.5. The van der Waals surface area contributed by atoms with Crippen molar-refractivity contribution in [2.75, 3.05) is 27.6 Å². The van der Waals surface area contributed by atoms with Gasteiger partial charge in [0.05, 0.1) is 20.8 Å². The first kappa shape index (κ1) is 18.2. The lowest BCUT2D eigenvalue weighted by Gasteiger charge is -2.25. The van der Waals surface area contributed by atoms with Crippen LogP contribution in [0.15, 0.2) is 42.0 Å². The van der Waals surface area contributed by atoms with Crippen LogP contribution in [-0.4, -0.2) is 33.6 Å². The van der Waals surface area contributed by atoms with E-state index in [9.17, 15) is 4.79 Å². The Bertz CT molecular complexity index is 895. The second-order valence-corrected chi connectivity index (χ2v) is 6.76. The number of carbonyl (C=O) groups excluding carboxylic acids is 1. The smallest absolute Gasteiger partial charge is 0.334 e. The third-order valence-corrected chi connectivity index (χ3v) is 4.99. The number of hydrogen-bond donors (Lipinski definition) is 0. The number of carbonyl (C=O) groups is 1. The summed E-state index contributed by atoms with van der Waals surface area (Å²) in [6, 6.07) is 11.4. The van der Waals surface area contributed by atoms with E-state index in [0.29, 0.717) is 23.7 Å². The van der Waals surface area contributed by atoms with Crippen molar-refractivity contribution in [2.24, 2.45) is 5.92 Å². The van der Waals surface area contributed by atoms with Crippen LogP contribution in [0.4, 0.5) is 0 Å². The number of cyclic esters (lactones) is 1. The molecule has 0 aliphatic carbocycles. The van der Waals surface area contributed by atoms with Crippen molar-refractivity contribution in [3.8, 4) is 23.0 Å². The van der Waals surface area contributed by atoms with Crippen LogP contribution in [0.25, 0.3) is 6.08 Å². The van der Waals surface area contributed by atoms with Crippen LogP contribution in [-0.2, 0) is 16.0 Å². The van der Waals surface area contributed by atoms with Crippen LogP contribution in [0, 0.1) is 5.92 Å². The van der Waals surface area contributed by atoms with Crippen molar-refractivity contribution in [3.63, 3.8) is 0 Å². The Morgan fingerprint density at radius 3 is 2.50 bits per heavy atom. The summed E-state index contributed by atoms with van der Waals surface area (Å²) in [5.74, 6) is 2.62. The van der Waals surface area contributed by atoms with Crippen LogP contribution in [0.2, 0.25) is 0 Å². The highest BCUT2D eigenvalue weighted by molar-refractivity contribution is 5.95. The predicted octanol–water partition coefficient (Wildman–Crippen LogP) is 3.62. The Balaban J connectivity index is 1.63. The van der Waals surface area contributed by atoms with E-state index in [1.165, 1.54) is 0 Å². The van der Waals surface area contributed by atoms with Crippen molar-refractivity contribution in [3.05, 3.63) is 53.1 Å². The van der Waals surface area contributed by atoms with Gasteiger partial charge in [-0.25, -0.2) is 4.79 Å². The SMILES string of the molecule is COc1cc(C=C2C(=O)OCCC2Cc2ccc3c(c2)OCO3)cc(OC)c1. The summed E-state index contributed by atoms with van der Waals surface area (Å²) in [7, 11) is 3.20. The molecule has 0 saturated carbocycles. The van der Waals surface area contributed by atoms with Gasteiger partial charge in [-0.3, -0.25) is 0 Å². The molecule has 1 saturated heterocycles. The Labute approximate surface area is 163 Å². The minimum atomic E-state index is -0.279. The molecule has 0 aromatic heterocycles. The summed E-state index contributed by atoms with van der Waals surface area (Å²) in [5.41, 5.74) is 2.58. The molecular weight excluding hydrogens is 360 g/mol. The van der Waals surface area contributed by atoms with Gasteiger partial charge < -0.3 is 23.7 Å². The molecule has 2 heterocycles. The van der Waals surface area contributed by atoms with Crippen LogP contribution in [0.1, 0.15) is 17.5 Å². The quantitative estimate of drug-likeness (QED) is 0.581. The van der Waals surface area contributed by atoms with Gasteiger partial charge in [0.15, 0.2) is 11.5 Å². The highest BCUT2D eigenvalue weighted by atomic mass is 16.7. The fraction of sp³-hybridized carbons (Fsp3) is 0.318. The molecular formula is C22H22O6. The zero-order valence-corrected chi connectivity index (χ0v) is 15.9. The molecule has 2 aliphatic heterocycles. The number of hydrogen-bond acceptors (Lipinski definition) is 6. The Kier molecular flexibility index (Phi) is 5.10. The summed E-state index contributed by atoms with van der Waals surface area (Å²) in [5, 5.41) is 0. The average Bonchev–Trinajstić information content (AvgIpc) is 3.18. The second kappa shape index (κ2) is 7.84. The van der Waals surface area contributed by atoms with E-state index >= 15 is 0 Å². The van der Waals surface area contributed by atoms with Gasteiger partial charge in [0.25, 0.3) is 0 Å². The van der Waals surface area contributed by atoms with Gasteiger partial charge >= 0.3 is 5.97 Å². The molecule has 1 unspecified atom stereocenters. The maximum atomic E-state index is 12.5. The molecule has 0 bridgehead atoms. The first-order chi connectivity index (χ1) is 13.7. The number of methoxy groups -OCH3 is 2. The van der Waals surface area contributed by atoms with Gasteiger partial charge in [0.2, 0.25) is 6.79 Å². The summed E-state index contributed by atoms with van der Waals surface area (Å²) in [4.78, 5) is 12.5. The van der Waals surface area contributed by atoms with Crippen molar-refractivity contribution >= 4 is 12.0 Å². The van der Waals surface area contributed by atoms with Crippen LogP contribution < -0.4 is 18.9 Å². The van der Waals surface area contributed by atoms with Gasteiger partial charge in [-0.15, -0.1) is 0 Å². The molecule has 2 aromatic carbocycles. The minimum absolute atomic E-state index is 0.0545. The third kappa shape index (κ3) is 3.76. The van der Waals surface area contributed by atoms with E-state index in [2.05, 4.69) is 0 Å². The molecule has 2 aromatic rings. The first-order valence-electron chi connectivity index (χ1n) is 9.16. The highest BCUT2D eigenvalue weighted by Gasteiger charge is 2.28. The molecule has 1 atom stereocenters. The van der Waals surface area contributed by atoms with E-state index in [1.807, 2.05) is 36.4 Å². The van der Waals surface area contributed by atoms with E-state index in [4.69, 9.17) is 23.7 Å². The lowest BCUT2D eigenvalue weighted by molar-refractivity contribution is -0.142. The predicted molar refractivity (Wildman–Crippen MR) is 103 cm³/mol. The van der Waals surface area contributed by atoms with Crippen LogP contribution in [0.3, 0.4) is 0 Å². The Morgan fingerprint density at radius 2 is 1.75 bits per heavy atom. The molecule has 0 spiro atoms. The summed E-state index contributed by atoms with van der Waals surface area (Å²) in [6.45, 7) is 0.671. The fourth-order valence-corrected chi connectivity index (χ4v) is 3.53. The standard InChI is InChI=1S/C22H22O6/c1-24-17-8-15(9-18(12-17)25-2)10-19-16(5-6-26-22(19)23)7-14-3-4-20-21(11-14)28-13-27-20/h3-4,8-12,16H,5-7,13H2,1-2H3. The number of esters is 1. The van der Waals surface area contributed by atoms with Gasteiger partial charge in [-0.2, -0.15) is 0 Å². The van der Waals surface area contributed by atoms with Crippen molar-refractivity contribution in [1.82, 2.24) is 0 Å². The Morgan fingerprint density at radius 1 is 1.00 bits per heavy atom. The molecule has 6 heteroatoms. The van der Waals surface area contributed by atoms with E-state index < -0.39 is 0 Å². The van der Waals surface area contributed by atoms with Gasteiger partial charge in [-0.05, 0) is 60.2 Å². The molecule has 2 aliphatic rings. The fourth-order valence-electron chi connectivity index (χ4n) is 3.53. The molecule has 28 heavy (non-hydrogen) atoms. The topological polar surface area (TPSA) is 63.2 Å². The maximum Gasteiger partial charge on any atom is 0.334 e. The van der Waals surface area contributed by atoms with E-state index in [-0.39, 0.29) is 18.7 Å². The number of ether oxygens (including phenoxy) is 5. The highest BCUT2D eigenvalue weighted by Crippen LogP contribution is 2.35. The third-order valence-electron chi connectivity index (χ3n) is 4.99. The van der Waals surface area contributed by atoms with Crippen molar-refractivity contribution in [1.29, 1.82) is 0 Å². The molecule has 146 valence electrons. The van der Waals surface area contributed by atoms with Gasteiger partial charge in [0, 0.05) is 11.6 Å². The van der Waals surface area contributed by atoms with E-state index in [0.717, 1.165) is 35.5 Å². The summed E-state index contributed by atoms with van der Waals surface area (Å²) in [6.07, 6.45) is 3.36. The lowest BCUT2D eigenvalue weighted by Crippen LogP contribution is -2.25. The van der Waals surface area contributed by atoms with Crippen molar-refractivity contribution in [2.45, 2.75) is 12.8 Å². The van der Waals surface area contributed by atoms with Gasteiger partial charge in [0.1, 0.15) is 11.5 Å². The molecule has 0 radical (unpaired) electrons.